The van der Waals surface area contributed by atoms with E-state index in [1.165, 1.54) is 11.3 Å². The van der Waals surface area contributed by atoms with Crippen molar-refractivity contribution in [3.8, 4) is 5.75 Å². The molecule has 0 aliphatic heterocycles. The number of thiazole rings is 1. The number of carbonyl (C=O) groups excluding carboxylic acids is 1. The standard InChI is InChI=1S/C26H27N3O4S2/c1-2-33-22-12-13-23-24(16-22)34-26(28-23)29(18-21-10-6-14-27-17-21)25(30)11-7-15-35(31,32)19-20-8-4-3-5-9-20/h3-6,8-10,12-14,16-17H,2,7,11,15,18-19H2,1H3. The summed E-state index contributed by atoms with van der Waals surface area (Å²) in [4.78, 5) is 23.7. The Hall–Kier alpha value is -3.30. The Morgan fingerprint density at radius 1 is 1.06 bits per heavy atom. The molecule has 2 aromatic heterocycles. The summed E-state index contributed by atoms with van der Waals surface area (Å²) in [5, 5.41) is 0.564. The van der Waals surface area contributed by atoms with Crippen LogP contribution >= 0.6 is 11.3 Å². The zero-order valence-corrected chi connectivity index (χ0v) is 21.1. The van der Waals surface area contributed by atoms with E-state index >= 15 is 0 Å². The van der Waals surface area contributed by atoms with Crippen LogP contribution in [0.5, 0.6) is 5.75 Å². The molecule has 0 saturated carbocycles. The monoisotopic (exact) mass is 509 g/mol. The van der Waals surface area contributed by atoms with Crippen molar-refractivity contribution in [2.24, 2.45) is 0 Å². The van der Waals surface area contributed by atoms with Crippen LogP contribution in [0.2, 0.25) is 0 Å². The van der Waals surface area contributed by atoms with Crippen LogP contribution in [-0.2, 0) is 26.9 Å². The number of pyridine rings is 1. The second kappa shape index (κ2) is 11.4. The second-order valence-electron chi connectivity index (χ2n) is 8.08. The number of ether oxygens (including phenoxy) is 1. The molecule has 0 spiro atoms. The molecule has 0 saturated heterocycles. The van der Waals surface area contributed by atoms with E-state index < -0.39 is 9.84 Å². The normalized spacial score (nSPS) is 11.5. The van der Waals surface area contributed by atoms with E-state index in [0.717, 1.165) is 27.1 Å². The number of nitrogens with zero attached hydrogens (tertiary/aromatic N) is 3. The predicted molar refractivity (Wildman–Crippen MR) is 139 cm³/mol. The number of benzene rings is 2. The third-order valence-electron chi connectivity index (χ3n) is 5.33. The minimum Gasteiger partial charge on any atom is -0.494 e. The van der Waals surface area contributed by atoms with E-state index in [4.69, 9.17) is 4.74 Å². The first kappa shape index (κ1) is 24.8. The maximum absolute atomic E-state index is 13.3. The lowest BCUT2D eigenvalue weighted by atomic mass is 10.2. The number of sulfone groups is 1. The number of fused-ring (bicyclic) bond motifs is 1. The van der Waals surface area contributed by atoms with Crippen LogP contribution in [0, 0.1) is 0 Å². The second-order valence-corrected chi connectivity index (χ2v) is 11.3. The van der Waals surface area contributed by atoms with E-state index in [2.05, 4.69) is 9.97 Å². The highest BCUT2D eigenvalue weighted by atomic mass is 32.2. The highest BCUT2D eigenvalue weighted by molar-refractivity contribution is 7.90. The molecule has 0 fully saturated rings. The van der Waals surface area contributed by atoms with E-state index in [1.54, 1.807) is 29.4 Å². The van der Waals surface area contributed by atoms with Crippen LogP contribution in [0.1, 0.15) is 30.9 Å². The molecule has 0 aliphatic carbocycles. The van der Waals surface area contributed by atoms with Gasteiger partial charge in [-0.15, -0.1) is 0 Å². The number of amides is 1. The van der Waals surface area contributed by atoms with Gasteiger partial charge in [-0.1, -0.05) is 47.7 Å². The lowest BCUT2D eigenvalue weighted by Crippen LogP contribution is -2.30. The van der Waals surface area contributed by atoms with Gasteiger partial charge in [0.1, 0.15) is 5.75 Å². The SMILES string of the molecule is CCOc1ccc2nc(N(Cc3cccnc3)C(=O)CCCS(=O)(=O)Cc3ccccc3)sc2c1. The fourth-order valence-corrected chi connectivity index (χ4v) is 6.12. The topological polar surface area (TPSA) is 89.5 Å². The lowest BCUT2D eigenvalue weighted by Gasteiger charge is -2.20. The minimum atomic E-state index is -3.32. The van der Waals surface area contributed by atoms with Gasteiger partial charge in [-0.25, -0.2) is 13.4 Å². The highest BCUT2D eigenvalue weighted by Crippen LogP contribution is 2.32. The van der Waals surface area contributed by atoms with Crippen LogP contribution in [0.4, 0.5) is 5.13 Å². The van der Waals surface area contributed by atoms with Crippen molar-refractivity contribution in [2.45, 2.75) is 32.1 Å². The lowest BCUT2D eigenvalue weighted by molar-refractivity contribution is -0.118. The van der Waals surface area contributed by atoms with E-state index in [-0.39, 0.29) is 30.3 Å². The van der Waals surface area contributed by atoms with Crippen LogP contribution in [-0.4, -0.2) is 36.7 Å². The quantitative estimate of drug-likeness (QED) is 0.282. The summed E-state index contributed by atoms with van der Waals surface area (Å²) in [7, 11) is -3.32. The Kier molecular flexibility index (Phi) is 8.09. The number of anilines is 1. The molecule has 0 bridgehead atoms. The van der Waals surface area contributed by atoms with E-state index in [1.807, 2.05) is 55.5 Å². The zero-order chi connectivity index (χ0) is 24.7. The number of rotatable bonds is 11. The first-order valence-corrected chi connectivity index (χ1v) is 14.0. The van der Waals surface area contributed by atoms with Crippen molar-refractivity contribution < 1.29 is 17.9 Å². The molecule has 0 atom stereocenters. The Morgan fingerprint density at radius 2 is 1.86 bits per heavy atom. The molecule has 0 unspecified atom stereocenters. The molecule has 9 heteroatoms. The van der Waals surface area contributed by atoms with Crippen molar-refractivity contribution in [1.82, 2.24) is 9.97 Å². The molecule has 2 aromatic carbocycles. The van der Waals surface area contributed by atoms with E-state index in [9.17, 15) is 13.2 Å². The third kappa shape index (κ3) is 6.86. The average molecular weight is 510 g/mol. The number of hydrogen-bond acceptors (Lipinski definition) is 7. The fourth-order valence-electron chi connectivity index (χ4n) is 3.68. The van der Waals surface area contributed by atoms with Crippen LogP contribution in [0.25, 0.3) is 10.2 Å². The first-order valence-electron chi connectivity index (χ1n) is 11.4. The Bertz CT molecular complexity index is 1370. The van der Waals surface area contributed by atoms with E-state index in [0.29, 0.717) is 18.3 Å². The molecule has 2 heterocycles. The molecule has 0 aliphatic rings. The maximum atomic E-state index is 13.3. The van der Waals surface area contributed by atoms with Gasteiger partial charge >= 0.3 is 0 Å². The third-order valence-corrected chi connectivity index (χ3v) is 8.06. The van der Waals surface area contributed by atoms with Crippen LogP contribution < -0.4 is 9.64 Å². The summed E-state index contributed by atoms with van der Waals surface area (Å²) in [5.74, 6) is 0.504. The molecule has 4 rings (SSSR count). The van der Waals surface area contributed by atoms with Gasteiger partial charge in [-0.05, 0) is 48.7 Å². The summed E-state index contributed by atoms with van der Waals surface area (Å²) in [6, 6.07) is 18.5. The Balaban J connectivity index is 1.49. The molecular weight excluding hydrogens is 482 g/mol. The molecule has 7 nitrogen and oxygen atoms in total. The average Bonchev–Trinajstić information content (AvgIpc) is 3.26. The molecule has 1 amide bonds. The molecular formula is C26H27N3O4S2. The molecule has 0 N–H and O–H groups in total. The molecule has 182 valence electrons. The van der Waals surface area contributed by atoms with Gasteiger partial charge in [0.05, 0.1) is 34.9 Å². The van der Waals surface area contributed by atoms with Crippen molar-refractivity contribution in [2.75, 3.05) is 17.3 Å². The van der Waals surface area contributed by atoms with Crippen molar-refractivity contribution >= 4 is 42.4 Å². The van der Waals surface area contributed by atoms with Gasteiger partial charge in [-0.3, -0.25) is 14.7 Å². The minimum absolute atomic E-state index is 0.0263. The van der Waals surface area contributed by atoms with Crippen LogP contribution in [0.3, 0.4) is 0 Å². The predicted octanol–water partition coefficient (Wildman–Crippen LogP) is 5.02. The van der Waals surface area contributed by atoms with Gasteiger partial charge in [0, 0.05) is 18.8 Å². The summed E-state index contributed by atoms with van der Waals surface area (Å²) in [6.45, 7) is 2.80. The number of aromatic nitrogens is 2. The summed E-state index contributed by atoms with van der Waals surface area (Å²) >= 11 is 1.41. The summed E-state index contributed by atoms with van der Waals surface area (Å²) < 4.78 is 31.6. The van der Waals surface area contributed by atoms with Crippen LogP contribution in [0.15, 0.2) is 73.1 Å². The summed E-state index contributed by atoms with van der Waals surface area (Å²) in [6.07, 6.45) is 3.75. The maximum Gasteiger partial charge on any atom is 0.229 e. The van der Waals surface area contributed by atoms with Gasteiger partial charge < -0.3 is 4.74 Å². The Labute approximate surface area is 209 Å². The first-order chi connectivity index (χ1) is 16.9. The summed E-state index contributed by atoms with van der Waals surface area (Å²) in [5.41, 5.74) is 2.40. The molecule has 4 aromatic rings. The van der Waals surface area contributed by atoms with Crippen molar-refractivity contribution in [3.05, 3.63) is 84.2 Å². The van der Waals surface area contributed by atoms with Crippen molar-refractivity contribution in [1.29, 1.82) is 0 Å². The fraction of sp³-hybridized carbons (Fsp3) is 0.269. The number of carbonyl (C=O) groups is 1. The van der Waals surface area contributed by atoms with Gasteiger partial charge in [0.2, 0.25) is 5.91 Å². The zero-order valence-electron chi connectivity index (χ0n) is 19.5. The Morgan fingerprint density at radius 3 is 2.60 bits per heavy atom. The highest BCUT2D eigenvalue weighted by Gasteiger charge is 2.22. The number of hydrogen-bond donors (Lipinski definition) is 0. The van der Waals surface area contributed by atoms with Gasteiger partial charge in [0.15, 0.2) is 15.0 Å². The molecule has 0 radical (unpaired) electrons. The van der Waals surface area contributed by atoms with Crippen molar-refractivity contribution in [3.63, 3.8) is 0 Å². The largest absolute Gasteiger partial charge is 0.494 e. The smallest absolute Gasteiger partial charge is 0.229 e. The van der Waals surface area contributed by atoms with Gasteiger partial charge in [0.25, 0.3) is 0 Å². The van der Waals surface area contributed by atoms with Gasteiger partial charge in [-0.2, -0.15) is 0 Å². The molecule has 35 heavy (non-hydrogen) atoms.